The summed E-state index contributed by atoms with van der Waals surface area (Å²) in [4.78, 5) is 37.2. The average Bonchev–Trinajstić information content (AvgIpc) is 2.90. The first-order chi connectivity index (χ1) is 17.0. The third-order valence-corrected chi connectivity index (χ3v) is 5.22. The maximum Gasteiger partial charge on any atom is 0.340 e. The summed E-state index contributed by atoms with van der Waals surface area (Å²) in [6, 6.07) is 21.3. The van der Waals surface area contributed by atoms with Crippen LogP contribution >= 0.6 is 0 Å². The standard InChI is InChI=1S/C27H28N2O6/c1-33-21-14-11-19(12-15-21)13-16-25(30)29-23-9-5-4-8-22(23)27(32)35-18-26(31)28-17-20-7-3-6-10-24(20)34-2/h3-12,14-15H,13,16-18H2,1-2H3,(H,28,31)(H,29,30). The molecular weight excluding hydrogens is 448 g/mol. The van der Waals surface area contributed by atoms with Crippen molar-refractivity contribution < 1.29 is 28.6 Å². The number of benzene rings is 3. The summed E-state index contributed by atoms with van der Waals surface area (Å²) >= 11 is 0. The average molecular weight is 477 g/mol. The highest BCUT2D eigenvalue weighted by Gasteiger charge is 2.16. The lowest BCUT2D eigenvalue weighted by atomic mass is 10.1. The van der Waals surface area contributed by atoms with E-state index in [1.165, 1.54) is 6.07 Å². The summed E-state index contributed by atoms with van der Waals surface area (Å²) < 4.78 is 15.6. The molecule has 8 nitrogen and oxygen atoms in total. The topological polar surface area (TPSA) is 103 Å². The molecule has 0 aliphatic heterocycles. The van der Waals surface area contributed by atoms with Gasteiger partial charge in [-0.05, 0) is 42.3 Å². The normalized spacial score (nSPS) is 10.2. The van der Waals surface area contributed by atoms with Crippen LogP contribution in [0.15, 0.2) is 72.8 Å². The largest absolute Gasteiger partial charge is 0.497 e. The van der Waals surface area contributed by atoms with Crippen molar-refractivity contribution in [3.8, 4) is 11.5 Å². The number of hydrogen-bond donors (Lipinski definition) is 2. The molecule has 0 unspecified atom stereocenters. The van der Waals surface area contributed by atoms with Crippen molar-refractivity contribution in [1.29, 1.82) is 0 Å². The summed E-state index contributed by atoms with van der Waals surface area (Å²) in [6.07, 6.45) is 0.774. The van der Waals surface area contributed by atoms with Gasteiger partial charge in [0.2, 0.25) is 5.91 Å². The number of aryl methyl sites for hydroxylation is 1. The van der Waals surface area contributed by atoms with Gasteiger partial charge in [0, 0.05) is 18.5 Å². The molecule has 0 fully saturated rings. The quantitative estimate of drug-likeness (QED) is 0.409. The number of para-hydroxylation sites is 2. The van der Waals surface area contributed by atoms with Gasteiger partial charge in [0.05, 0.1) is 25.5 Å². The van der Waals surface area contributed by atoms with Crippen molar-refractivity contribution in [1.82, 2.24) is 5.32 Å². The van der Waals surface area contributed by atoms with Gasteiger partial charge in [-0.2, -0.15) is 0 Å². The molecular formula is C27H28N2O6. The minimum Gasteiger partial charge on any atom is -0.497 e. The molecule has 35 heavy (non-hydrogen) atoms. The van der Waals surface area contributed by atoms with Crippen LogP contribution in [-0.2, 0) is 27.3 Å². The van der Waals surface area contributed by atoms with Crippen LogP contribution in [0.25, 0.3) is 0 Å². The predicted octanol–water partition coefficient (Wildman–Crippen LogP) is 3.75. The second kappa shape index (κ2) is 12.8. The number of anilines is 1. The molecule has 0 saturated carbocycles. The molecule has 0 aromatic heterocycles. The van der Waals surface area contributed by atoms with Crippen LogP contribution in [-0.4, -0.2) is 38.6 Å². The third kappa shape index (κ3) is 7.60. The number of ether oxygens (including phenoxy) is 3. The van der Waals surface area contributed by atoms with Gasteiger partial charge in [-0.25, -0.2) is 4.79 Å². The predicted molar refractivity (Wildman–Crippen MR) is 132 cm³/mol. The number of rotatable bonds is 11. The van der Waals surface area contributed by atoms with Crippen molar-refractivity contribution in [2.24, 2.45) is 0 Å². The number of carbonyl (C=O) groups is 3. The second-order valence-corrected chi connectivity index (χ2v) is 7.61. The van der Waals surface area contributed by atoms with Gasteiger partial charge in [-0.3, -0.25) is 9.59 Å². The van der Waals surface area contributed by atoms with Gasteiger partial charge in [0.1, 0.15) is 11.5 Å². The van der Waals surface area contributed by atoms with E-state index in [0.717, 1.165) is 16.9 Å². The van der Waals surface area contributed by atoms with E-state index in [4.69, 9.17) is 14.2 Å². The van der Waals surface area contributed by atoms with E-state index in [1.54, 1.807) is 38.5 Å². The van der Waals surface area contributed by atoms with Gasteiger partial charge >= 0.3 is 5.97 Å². The summed E-state index contributed by atoms with van der Waals surface area (Å²) in [6.45, 7) is -0.213. The van der Waals surface area contributed by atoms with Gasteiger partial charge in [-0.1, -0.05) is 42.5 Å². The number of nitrogens with one attached hydrogen (secondary N) is 2. The first-order valence-electron chi connectivity index (χ1n) is 11.1. The third-order valence-electron chi connectivity index (χ3n) is 5.22. The Labute approximate surface area is 204 Å². The number of methoxy groups -OCH3 is 2. The Bertz CT molecular complexity index is 1160. The number of carbonyl (C=O) groups excluding carboxylic acids is 3. The monoisotopic (exact) mass is 476 g/mol. The molecule has 0 atom stereocenters. The van der Waals surface area contributed by atoms with E-state index in [9.17, 15) is 14.4 Å². The van der Waals surface area contributed by atoms with Gasteiger partial charge in [0.25, 0.3) is 5.91 Å². The van der Waals surface area contributed by atoms with Gasteiger partial charge in [-0.15, -0.1) is 0 Å². The highest BCUT2D eigenvalue weighted by molar-refractivity contribution is 6.01. The lowest BCUT2D eigenvalue weighted by Gasteiger charge is -2.12. The number of esters is 1. The molecule has 0 heterocycles. The summed E-state index contributed by atoms with van der Waals surface area (Å²) in [5.74, 6) is 0.00458. The summed E-state index contributed by atoms with van der Waals surface area (Å²) in [5.41, 5.74) is 2.29. The zero-order valence-electron chi connectivity index (χ0n) is 19.7. The molecule has 3 aromatic carbocycles. The lowest BCUT2D eigenvalue weighted by Crippen LogP contribution is -2.28. The molecule has 0 radical (unpaired) electrons. The molecule has 8 heteroatoms. The first kappa shape index (κ1) is 25.3. The van der Waals surface area contributed by atoms with Crippen molar-refractivity contribution >= 4 is 23.5 Å². The molecule has 0 aliphatic carbocycles. The molecule has 0 aliphatic rings. The Morgan fingerprint density at radius 1 is 0.800 bits per heavy atom. The Morgan fingerprint density at radius 3 is 2.26 bits per heavy atom. The zero-order chi connectivity index (χ0) is 25.0. The minimum absolute atomic E-state index is 0.169. The van der Waals surface area contributed by atoms with Crippen molar-refractivity contribution in [3.05, 3.63) is 89.5 Å². The molecule has 2 amide bonds. The molecule has 182 valence electrons. The Morgan fingerprint density at radius 2 is 1.51 bits per heavy atom. The fraction of sp³-hybridized carbons (Fsp3) is 0.222. The van der Waals surface area contributed by atoms with Crippen LogP contribution in [0.3, 0.4) is 0 Å². The number of hydrogen-bond acceptors (Lipinski definition) is 6. The van der Waals surface area contributed by atoms with Crippen molar-refractivity contribution in [3.63, 3.8) is 0 Å². The molecule has 3 aromatic rings. The maximum atomic E-state index is 12.6. The Balaban J connectivity index is 1.50. The minimum atomic E-state index is -0.705. The second-order valence-electron chi connectivity index (χ2n) is 7.61. The van der Waals surface area contributed by atoms with E-state index in [2.05, 4.69) is 10.6 Å². The smallest absolute Gasteiger partial charge is 0.340 e. The summed E-state index contributed by atoms with van der Waals surface area (Å²) in [5, 5.41) is 5.45. The van der Waals surface area contributed by atoms with E-state index >= 15 is 0 Å². The fourth-order valence-corrected chi connectivity index (χ4v) is 3.34. The maximum absolute atomic E-state index is 12.6. The first-order valence-corrected chi connectivity index (χ1v) is 11.1. The Kier molecular flexibility index (Phi) is 9.24. The van der Waals surface area contributed by atoms with E-state index in [1.807, 2.05) is 42.5 Å². The van der Waals surface area contributed by atoms with Crippen molar-refractivity contribution in [2.45, 2.75) is 19.4 Å². The van der Waals surface area contributed by atoms with Crippen LogP contribution in [0, 0.1) is 0 Å². The highest BCUT2D eigenvalue weighted by Crippen LogP contribution is 2.18. The molecule has 2 N–H and O–H groups in total. The lowest BCUT2D eigenvalue weighted by molar-refractivity contribution is -0.124. The zero-order valence-corrected chi connectivity index (χ0v) is 19.7. The highest BCUT2D eigenvalue weighted by atomic mass is 16.5. The molecule has 0 spiro atoms. The Hall–Kier alpha value is -4.33. The van der Waals surface area contributed by atoms with E-state index < -0.39 is 18.5 Å². The van der Waals surface area contributed by atoms with Crippen LogP contribution < -0.4 is 20.1 Å². The van der Waals surface area contributed by atoms with Gasteiger partial charge < -0.3 is 24.8 Å². The van der Waals surface area contributed by atoms with Crippen LogP contribution in [0.5, 0.6) is 11.5 Å². The van der Waals surface area contributed by atoms with E-state index in [-0.39, 0.29) is 24.4 Å². The van der Waals surface area contributed by atoms with Crippen LogP contribution in [0.1, 0.15) is 27.9 Å². The number of amides is 2. The summed E-state index contributed by atoms with van der Waals surface area (Å²) in [7, 11) is 3.15. The van der Waals surface area contributed by atoms with Gasteiger partial charge in [0.15, 0.2) is 6.61 Å². The van der Waals surface area contributed by atoms with Crippen LogP contribution in [0.2, 0.25) is 0 Å². The van der Waals surface area contributed by atoms with Crippen LogP contribution in [0.4, 0.5) is 5.69 Å². The SMILES string of the molecule is COc1ccc(CCC(=O)Nc2ccccc2C(=O)OCC(=O)NCc2ccccc2OC)cc1. The van der Waals surface area contributed by atoms with Crippen molar-refractivity contribution in [2.75, 3.05) is 26.1 Å². The fourth-order valence-electron chi connectivity index (χ4n) is 3.34. The molecule has 0 saturated heterocycles. The van der Waals surface area contributed by atoms with E-state index in [0.29, 0.717) is 17.9 Å². The molecule has 3 rings (SSSR count). The molecule has 0 bridgehead atoms.